The van der Waals surface area contributed by atoms with Gasteiger partial charge in [-0.15, -0.1) is 0 Å². The minimum atomic E-state index is -4.96. The van der Waals surface area contributed by atoms with Crippen molar-refractivity contribution in [3.8, 4) is 0 Å². The Bertz CT molecular complexity index is 1910. The van der Waals surface area contributed by atoms with Crippen LogP contribution in [-0.4, -0.2) is 96.7 Å². The fourth-order valence-corrected chi connectivity index (χ4v) is 13.9. The van der Waals surface area contributed by atoms with Gasteiger partial charge >= 0.3 is 39.5 Å². The first-order chi connectivity index (χ1) is 47.9. The van der Waals surface area contributed by atoms with Crippen molar-refractivity contribution in [1.82, 2.24) is 0 Å². The molecular weight excluding hydrogens is 1290 g/mol. The molecule has 5 atom stereocenters. The number of rotatable bonds is 79. The van der Waals surface area contributed by atoms with E-state index in [0.717, 1.165) is 102 Å². The predicted octanol–water partition coefficient (Wildman–Crippen LogP) is 23.9. The maximum Gasteiger partial charge on any atom is 0.472 e. The lowest BCUT2D eigenvalue weighted by Gasteiger charge is -2.21. The van der Waals surface area contributed by atoms with E-state index in [4.69, 9.17) is 37.0 Å². The number of hydrogen-bond donors (Lipinski definition) is 3. The lowest BCUT2D eigenvalue weighted by molar-refractivity contribution is -0.161. The van der Waals surface area contributed by atoms with Crippen LogP contribution in [0, 0.1) is 11.8 Å². The second-order valence-electron chi connectivity index (χ2n) is 29.8. The van der Waals surface area contributed by atoms with Gasteiger partial charge in [0.2, 0.25) is 0 Å². The first-order valence-corrected chi connectivity index (χ1v) is 44.5. The van der Waals surface area contributed by atoms with Gasteiger partial charge in [0.25, 0.3) is 0 Å². The summed E-state index contributed by atoms with van der Waals surface area (Å²) in [5, 5.41) is 10.6. The van der Waals surface area contributed by atoms with E-state index in [-0.39, 0.29) is 25.7 Å². The first kappa shape index (κ1) is 97.1. The molecule has 0 aliphatic rings. The Morgan fingerprint density at radius 3 is 0.687 bits per heavy atom. The van der Waals surface area contributed by atoms with Gasteiger partial charge in [0.15, 0.2) is 12.2 Å². The van der Waals surface area contributed by atoms with E-state index in [1.807, 2.05) is 0 Å². The second kappa shape index (κ2) is 71.7. The van der Waals surface area contributed by atoms with Gasteiger partial charge in [-0.2, -0.15) is 0 Å². The molecule has 0 aromatic carbocycles. The number of carbonyl (C=O) groups is 4. The van der Waals surface area contributed by atoms with Crippen LogP contribution in [-0.2, 0) is 65.4 Å². The number of carbonyl (C=O) groups excluding carboxylic acids is 4. The van der Waals surface area contributed by atoms with Crippen molar-refractivity contribution in [2.45, 2.75) is 439 Å². The summed E-state index contributed by atoms with van der Waals surface area (Å²) >= 11 is 0. The maximum absolute atomic E-state index is 13.1. The molecule has 588 valence electrons. The van der Waals surface area contributed by atoms with E-state index in [9.17, 15) is 43.2 Å². The average molecular weight is 1450 g/mol. The molecule has 0 aromatic rings. The molecule has 0 radical (unpaired) electrons. The third-order valence-corrected chi connectivity index (χ3v) is 20.6. The zero-order chi connectivity index (χ0) is 72.8. The van der Waals surface area contributed by atoms with Crippen molar-refractivity contribution in [1.29, 1.82) is 0 Å². The highest BCUT2D eigenvalue weighted by molar-refractivity contribution is 7.47. The highest BCUT2D eigenvalue weighted by atomic mass is 31.2. The van der Waals surface area contributed by atoms with Gasteiger partial charge in [-0.1, -0.05) is 369 Å². The van der Waals surface area contributed by atoms with E-state index in [0.29, 0.717) is 25.7 Å². The average Bonchev–Trinajstić information content (AvgIpc) is 0.977. The van der Waals surface area contributed by atoms with Crippen LogP contribution < -0.4 is 0 Å². The Balaban J connectivity index is 5.26. The molecule has 0 saturated carbocycles. The van der Waals surface area contributed by atoms with Crippen LogP contribution in [0.5, 0.6) is 0 Å². The summed E-state index contributed by atoms with van der Waals surface area (Å²) in [4.78, 5) is 73.0. The largest absolute Gasteiger partial charge is 0.472 e. The van der Waals surface area contributed by atoms with E-state index >= 15 is 0 Å². The number of esters is 4. The van der Waals surface area contributed by atoms with Crippen molar-refractivity contribution >= 4 is 39.5 Å². The van der Waals surface area contributed by atoms with E-state index in [1.54, 1.807) is 0 Å². The van der Waals surface area contributed by atoms with Gasteiger partial charge in [0, 0.05) is 25.7 Å². The topological polar surface area (TPSA) is 237 Å². The van der Waals surface area contributed by atoms with Crippen molar-refractivity contribution in [3.05, 3.63) is 0 Å². The number of phosphoric acid groups is 2. The van der Waals surface area contributed by atoms with Gasteiger partial charge in [-0.25, -0.2) is 9.13 Å². The monoisotopic (exact) mass is 1450 g/mol. The molecule has 17 nitrogen and oxygen atoms in total. The fraction of sp³-hybridized carbons (Fsp3) is 0.950. The lowest BCUT2D eigenvalue weighted by atomic mass is 10.0. The van der Waals surface area contributed by atoms with Gasteiger partial charge in [0.1, 0.15) is 19.3 Å². The highest BCUT2D eigenvalue weighted by Gasteiger charge is 2.30. The molecule has 0 bridgehead atoms. The van der Waals surface area contributed by atoms with Crippen LogP contribution in [0.1, 0.15) is 420 Å². The highest BCUT2D eigenvalue weighted by Crippen LogP contribution is 2.45. The van der Waals surface area contributed by atoms with Crippen LogP contribution >= 0.6 is 15.6 Å². The molecule has 0 heterocycles. The number of ether oxygens (including phenoxy) is 4. The summed E-state index contributed by atoms with van der Waals surface area (Å²) in [5.41, 5.74) is 0. The number of unbranched alkanes of at least 4 members (excludes halogenated alkanes) is 49. The van der Waals surface area contributed by atoms with Crippen LogP contribution in [0.2, 0.25) is 0 Å². The smallest absolute Gasteiger partial charge is 0.462 e. The molecule has 0 fully saturated rings. The molecule has 2 unspecified atom stereocenters. The maximum atomic E-state index is 13.1. The quantitative estimate of drug-likeness (QED) is 0.0222. The SMILES string of the molecule is CCCCCCCCCCCCCCCCCCCCC(=O)O[C@H](COC(=O)CCCCCCCCCCCCCCC(C)C)COP(=O)(O)OC[C@@H](O)COP(=O)(O)OC[C@@H](COC(=O)CCCCCCCCCCCC(C)C)OC(=O)CCCCCCCCCCCCCCCC. The van der Waals surface area contributed by atoms with Crippen molar-refractivity contribution in [3.63, 3.8) is 0 Å². The summed E-state index contributed by atoms with van der Waals surface area (Å²) < 4.78 is 68.7. The number of aliphatic hydroxyl groups is 1. The van der Waals surface area contributed by atoms with Crippen molar-refractivity contribution in [2.75, 3.05) is 39.6 Å². The zero-order valence-corrected chi connectivity index (χ0v) is 66.6. The van der Waals surface area contributed by atoms with Gasteiger partial charge in [-0.05, 0) is 37.5 Å². The van der Waals surface area contributed by atoms with Crippen molar-refractivity contribution in [2.24, 2.45) is 11.8 Å². The number of aliphatic hydroxyl groups excluding tert-OH is 1. The Hall–Kier alpha value is -1.94. The Morgan fingerprint density at radius 2 is 0.465 bits per heavy atom. The summed E-state index contributed by atoms with van der Waals surface area (Å²) in [7, 11) is -9.92. The van der Waals surface area contributed by atoms with Crippen molar-refractivity contribution < 1.29 is 80.2 Å². The van der Waals surface area contributed by atoms with Gasteiger partial charge in [-0.3, -0.25) is 37.3 Å². The standard InChI is InChI=1S/C80H156O17P2/c1-7-9-11-13-15-17-19-21-23-24-25-26-28-34-40-47-53-59-65-80(85)96-75(68-90-77(82)62-56-50-44-38-32-30-29-31-36-42-48-54-60-72(3)4)70-94-98(86,87)92-66-74(81)67-93-99(88,89)95-71-76(69-91-78(83)63-57-51-45-41-35-37-43-49-55-61-73(5)6)97-79(84)64-58-52-46-39-33-27-22-20-18-16-14-12-10-8-2/h72-76,81H,7-71H2,1-6H3,(H,86,87)(H,88,89)/t74-,75-,76-/m1/s1. The molecule has 0 spiro atoms. The Morgan fingerprint density at radius 1 is 0.273 bits per heavy atom. The predicted molar refractivity (Wildman–Crippen MR) is 405 cm³/mol. The normalized spacial score (nSPS) is 13.9. The molecule has 0 amide bonds. The minimum absolute atomic E-state index is 0.108. The third kappa shape index (κ3) is 74.1. The second-order valence-corrected chi connectivity index (χ2v) is 32.7. The van der Waals surface area contributed by atoms with Gasteiger partial charge in [0.05, 0.1) is 26.4 Å². The van der Waals surface area contributed by atoms with E-state index < -0.39 is 97.5 Å². The van der Waals surface area contributed by atoms with Crippen LogP contribution in [0.25, 0.3) is 0 Å². The summed E-state index contributed by atoms with van der Waals surface area (Å²) in [6.07, 6.45) is 60.9. The molecule has 0 saturated heterocycles. The molecule has 0 aliphatic heterocycles. The zero-order valence-electron chi connectivity index (χ0n) is 64.8. The Labute approximate surface area is 607 Å². The van der Waals surface area contributed by atoms with Crippen LogP contribution in [0.15, 0.2) is 0 Å². The molecule has 0 rings (SSSR count). The summed E-state index contributed by atoms with van der Waals surface area (Å²) in [6, 6.07) is 0. The molecule has 0 aromatic heterocycles. The lowest BCUT2D eigenvalue weighted by Crippen LogP contribution is -2.30. The third-order valence-electron chi connectivity index (χ3n) is 18.7. The first-order valence-electron chi connectivity index (χ1n) is 41.5. The molecule has 0 aliphatic carbocycles. The summed E-state index contributed by atoms with van der Waals surface area (Å²) in [6.45, 7) is 9.63. The number of hydrogen-bond acceptors (Lipinski definition) is 15. The number of phosphoric ester groups is 2. The van der Waals surface area contributed by atoms with Gasteiger partial charge < -0.3 is 33.8 Å². The molecule has 3 N–H and O–H groups in total. The fourth-order valence-electron chi connectivity index (χ4n) is 12.4. The van der Waals surface area contributed by atoms with E-state index in [1.165, 1.54) is 238 Å². The molecule has 19 heteroatoms. The molecule has 99 heavy (non-hydrogen) atoms. The Kier molecular flexibility index (Phi) is 70.3. The van der Waals surface area contributed by atoms with E-state index in [2.05, 4.69) is 41.5 Å². The van der Waals surface area contributed by atoms with Crippen LogP contribution in [0.3, 0.4) is 0 Å². The minimum Gasteiger partial charge on any atom is -0.462 e. The summed E-state index contributed by atoms with van der Waals surface area (Å²) in [5.74, 6) is -0.582. The van der Waals surface area contributed by atoms with Crippen LogP contribution in [0.4, 0.5) is 0 Å². The molecular formula is C80H156O17P2.